The van der Waals surface area contributed by atoms with Crippen molar-refractivity contribution in [3.63, 3.8) is 0 Å². The van der Waals surface area contributed by atoms with E-state index in [0.717, 1.165) is 24.4 Å². The lowest BCUT2D eigenvalue weighted by atomic mass is 10.3. The van der Waals surface area contributed by atoms with Crippen molar-refractivity contribution in [2.75, 3.05) is 0 Å². The Balaban J connectivity index is 1.72. The van der Waals surface area contributed by atoms with Crippen LogP contribution in [0.1, 0.15) is 36.0 Å². The second kappa shape index (κ2) is 4.03. The van der Waals surface area contributed by atoms with Gasteiger partial charge in [-0.05, 0) is 19.8 Å². The van der Waals surface area contributed by atoms with Crippen molar-refractivity contribution in [2.45, 2.75) is 32.2 Å². The van der Waals surface area contributed by atoms with Gasteiger partial charge in [0.1, 0.15) is 18.0 Å². The van der Waals surface area contributed by atoms with Gasteiger partial charge in [0.05, 0.1) is 17.9 Å². The molecule has 7 heteroatoms. The first-order chi connectivity index (χ1) is 9.72. The summed E-state index contributed by atoms with van der Waals surface area (Å²) in [4.78, 5) is 20.8. The molecule has 0 aliphatic heterocycles. The van der Waals surface area contributed by atoms with Gasteiger partial charge in [-0.25, -0.2) is 9.97 Å². The largest absolute Gasteiger partial charge is 0.448 e. The van der Waals surface area contributed by atoms with Crippen LogP contribution in [0.3, 0.4) is 0 Å². The Morgan fingerprint density at radius 2 is 2.30 bits per heavy atom. The van der Waals surface area contributed by atoms with Crippen LogP contribution in [0.15, 0.2) is 26.3 Å². The molecular formula is C13H12N4O3. The lowest BCUT2D eigenvalue weighted by molar-refractivity contribution is 0.442. The zero-order valence-corrected chi connectivity index (χ0v) is 10.9. The van der Waals surface area contributed by atoms with Crippen LogP contribution < -0.4 is 5.56 Å². The number of oxazole rings is 1. The first-order valence-electron chi connectivity index (χ1n) is 6.48. The van der Waals surface area contributed by atoms with Gasteiger partial charge in [-0.15, -0.1) is 0 Å². The fourth-order valence-electron chi connectivity index (χ4n) is 2.21. The van der Waals surface area contributed by atoms with Crippen LogP contribution in [0.2, 0.25) is 0 Å². The summed E-state index contributed by atoms with van der Waals surface area (Å²) in [7, 11) is 0. The van der Waals surface area contributed by atoms with Crippen LogP contribution in [-0.2, 0) is 6.54 Å². The Morgan fingerprint density at radius 1 is 1.45 bits per heavy atom. The molecule has 3 aromatic rings. The van der Waals surface area contributed by atoms with Crippen molar-refractivity contribution in [3.8, 4) is 0 Å². The minimum Gasteiger partial charge on any atom is -0.448 e. The number of aromatic nitrogens is 4. The highest BCUT2D eigenvalue weighted by molar-refractivity contribution is 5.73. The molecule has 1 aliphatic carbocycles. The van der Waals surface area contributed by atoms with Gasteiger partial charge in [-0.3, -0.25) is 9.36 Å². The molecule has 0 amide bonds. The third-order valence-electron chi connectivity index (χ3n) is 3.46. The molecule has 0 spiro atoms. The molecule has 3 heterocycles. The van der Waals surface area contributed by atoms with E-state index in [4.69, 9.17) is 8.94 Å². The van der Waals surface area contributed by atoms with Crippen LogP contribution in [0.5, 0.6) is 0 Å². The summed E-state index contributed by atoms with van der Waals surface area (Å²) < 4.78 is 11.9. The summed E-state index contributed by atoms with van der Waals surface area (Å²) in [6, 6.07) is 0. The summed E-state index contributed by atoms with van der Waals surface area (Å²) in [6.45, 7) is 2.06. The van der Waals surface area contributed by atoms with Gasteiger partial charge in [0.25, 0.3) is 11.3 Å². The number of fused-ring (bicyclic) bond motifs is 1. The Kier molecular flexibility index (Phi) is 2.29. The molecule has 0 radical (unpaired) electrons. The molecule has 0 saturated heterocycles. The first-order valence-corrected chi connectivity index (χ1v) is 6.48. The molecule has 0 atom stereocenters. The van der Waals surface area contributed by atoms with Gasteiger partial charge < -0.3 is 8.94 Å². The smallest absolute Gasteiger partial charge is 0.266 e. The Bertz CT molecular complexity index is 841. The fraction of sp³-hybridized carbons (Fsp3) is 0.385. The molecular weight excluding hydrogens is 260 g/mol. The van der Waals surface area contributed by atoms with Gasteiger partial charge >= 0.3 is 0 Å². The highest BCUT2D eigenvalue weighted by Crippen LogP contribution is 2.39. The summed E-state index contributed by atoms with van der Waals surface area (Å²) in [6.07, 6.45) is 5.31. The number of hydrogen-bond donors (Lipinski definition) is 0. The molecule has 0 bridgehead atoms. The zero-order chi connectivity index (χ0) is 13.7. The van der Waals surface area contributed by atoms with Gasteiger partial charge in [-0.1, -0.05) is 5.16 Å². The van der Waals surface area contributed by atoms with E-state index in [-0.39, 0.29) is 11.3 Å². The van der Waals surface area contributed by atoms with Crippen molar-refractivity contribution in [1.82, 2.24) is 19.7 Å². The number of nitrogens with zero attached hydrogens (tertiary/aromatic N) is 4. The SMILES string of the molecule is Cc1noc2ncn(Cc3coc(C4CC4)n3)c(=O)c12. The van der Waals surface area contributed by atoms with E-state index < -0.39 is 0 Å². The molecule has 0 aromatic carbocycles. The van der Waals surface area contributed by atoms with E-state index in [1.54, 1.807) is 13.2 Å². The quantitative estimate of drug-likeness (QED) is 0.719. The molecule has 20 heavy (non-hydrogen) atoms. The van der Waals surface area contributed by atoms with E-state index >= 15 is 0 Å². The summed E-state index contributed by atoms with van der Waals surface area (Å²) in [5.74, 6) is 1.23. The maximum atomic E-state index is 12.3. The van der Waals surface area contributed by atoms with Crippen molar-refractivity contribution in [2.24, 2.45) is 0 Å². The molecule has 1 aliphatic rings. The molecule has 7 nitrogen and oxygen atoms in total. The van der Waals surface area contributed by atoms with Crippen molar-refractivity contribution in [3.05, 3.63) is 40.2 Å². The predicted octanol–water partition coefficient (Wildman–Crippen LogP) is 1.61. The van der Waals surface area contributed by atoms with Crippen LogP contribution in [0.25, 0.3) is 11.1 Å². The Hall–Kier alpha value is -2.44. The van der Waals surface area contributed by atoms with Crippen LogP contribution in [-0.4, -0.2) is 19.7 Å². The van der Waals surface area contributed by atoms with Gasteiger partial charge in [-0.2, -0.15) is 0 Å². The molecule has 1 fully saturated rings. The zero-order valence-electron chi connectivity index (χ0n) is 10.9. The molecule has 102 valence electrons. The fourth-order valence-corrected chi connectivity index (χ4v) is 2.21. The number of hydrogen-bond acceptors (Lipinski definition) is 6. The standard InChI is InChI=1S/C13H12N4O3/c1-7-10-12(20-16-7)14-6-17(13(10)18)4-9-5-19-11(15-9)8-2-3-8/h5-6,8H,2-4H2,1H3. The Morgan fingerprint density at radius 3 is 3.10 bits per heavy atom. The third-order valence-corrected chi connectivity index (χ3v) is 3.46. The number of aryl methyl sites for hydroxylation is 1. The predicted molar refractivity (Wildman–Crippen MR) is 68.4 cm³/mol. The second-order valence-electron chi connectivity index (χ2n) is 5.08. The van der Waals surface area contributed by atoms with Gasteiger partial charge in [0, 0.05) is 5.92 Å². The molecule has 0 N–H and O–H groups in total. The monoisotopic (exact) mass is 272 g/mol. The first kappa shape index (κ1) is 11.4. The average Bonchev–Trinajstić information content (AvgIpc) is 3.07. The lowest BCUT2D eigenvalue weighted by Crippen LogP contribution is -2.21. The highest BCUT2D eigenvalue weighted by Gasteiger charge is 2.28. The third kappa shape index (κ3) is 1.74. The van der Waals surface area contributed by atoms with Crippen LogP contribution in [0.4, 0.5) is 0 Å². The van der Waals surface area contributed by atoms with Crippen molar-refractivity contribution in [1.29, 1.82) is 0 Å². The van der Waals surface area contributed by atoms with Crippen molar-refractivity contribution < 1.29 is 8.94 Å². The molecule has 1 saturated carbocycles. The van der Waals surface area contributed by atoms with E-state index in [0.29, 0.717) is 23.5 Å². The Labute approximate surface area is 113 Å². The maximum absolute atomic E-state index is 12.3. The number of rotatable bonds is 3. The lowest BCUT2D eigenvalue weighted by Gasteiger charge is -2.01. The average molecular weight is 272 g/mol. The summed E-state index contributed by atoms with van der Waals surface area (Å²) in [5.41, 5.74) is 1.36. The van der Waals surface area contributed by atoms with Crippen molar-refractivity contribution >= 4 is 11.1 Å². The van der Waals surface area contributed by atoms with Gasteiger partial charge in [0.15, 0.2) is 5.89 Å². The molecule has 0 unspecified atom stereocenters. The topological polar surface area (TPSA) is 86.9 Å². The van der Waals surface area contributed by atoms with E-state index in [9.17, 15) is 4.79 Å². The minimum absolute atomic E-state index is 0.176. The molecule has 4 rings (SSSR count). The summed E-state index contributed by atoms with van der Waals surface area (Å²) >= 11 is 0. The van der Waals surface area contributed by atoms with Crippen LogP contribution in [0, 0.1) is 6.92 Å². The highest BCUT2D eigenvalue weighted by atomic mass is 16.5. The second-order valence-corrected chi connectivity index (χ2v) is 5.08. The summed E-state index contributed by atoms with van der Waals surface area (Å²) in [5, 5.41) is 4.17. The van der Waals surface area contributed by atoms with E-state index in [1.165, 1.54) is 10.9 Å². The van der Waals surface area contributed by atoms with Gasteiger partial charge in [0.2, 0.25) is 0 Å². The molecule has 3 aromatic heterocycles. The van der Waals surface area contributed by atoms with E-state index in [2.05, 4.69) is 15.1 Å². The normalized spacial score (nSPS) is 15.1. The maximum Gasteiger partial charge on any atom is 0.266 e. The van der Waals surface area contributed by atoms with E-state index in [1.807, 2.05) is 0 Å². The minimum atomic E-state index is -0.176. The van der Waals surface area contributed by atoms with Crippen LogP contribution >= 0.6 is 0 Å².